The Hall–Kier alpha value is -4.54. The van der Waals surface area contributed by atoms with E-state index in [1.54, 1.807) is 0 Å². The van der Waals surface area contributed by atoms with E-state index in [0.29, 0.717) is 11.1 Å². The molecule has 0 saturated heterocycles. The van der Waals surface area contributed by atoms with Crippen LogP contribution < -0.4 is 0 Å². The smallest absolute Gasteiger partial charge is 0.169 e. The molecule has 4 aromatic carbocycles. The third kappa shape index (κ3) is 3.56. The summed E-state index contributed by atoms with van der Waals surface area (Å²) in [5, 5.41) is 87.3. The minimum atomic E-state index is -1.34. The van der Waals surface area contributed by atoms with Crippen molar-refractivity contribution in [3.8, 4) is 45.6 Å². The molecule has 0 bridgehead atoms. The van der Waals surface area contributed by atoms with Crippen LogP contribution in [0.3, 0.4) is 0 Å². The first-order valence-electron chi connectivity index (χ1n) is 12.6. The van der Waals surface area contributed by atoms with Crippen molar-refractivity contribution in [1.29, 1.82) is 0 Å². The molecular weight excluding hydrogens is 520 g/mol. The van der Waals surface area contributed by atoms with Gasteiger partial charge in [-0.25, -0.2) is 0 Å². The van der Waals surface area contributed by atoms with Crippen LogP contribution in [0.25, 0.3) is 32.7 Å². The van der Waals surface area contributed by atoms with Gasteiger partial charge < -0.3 is 40.9 Å². The van der Waals surface area contributed by atoms with Gasteiger partial charge in [0.25, 0.3) is 0 Å². The molecule has 0 aliphatic heterocycles. The van der Waals surface area contributed by atoms with Crippen LogP contribution in [-0.4, -0.2) is 63.6 Å². The molecule has 40 heavy (non-hydrogen) atoms. The molecule has 2 aliphatic rings. The maximum absolute atomic E-state index is 12.8. The van der Waals surface area contributed by atoms with E-state index in [9.17, 15) is 50.4 Å². The first-order valence-corrected chi connectivity index (χ1v) is 12.6. The number of aliphatic hydroxyl groups is 2. The second kappa shape index (κ2) is 8.00. The number of ketones is 2. The molecule has 8 N–H and O–H groups in total. The highest BCUT2D eigenvalue weighted by atomic mass is 16.3. The highest BCUT2D eigenvalue weighted by Gasteiger charge is 2.38. The minimum absolute atomic E-state index is 0.0465. The van der Waals surface area contributed by atoms with Crippen LogP contribution >= 0.6 is 0 Å². The molecule has 0 radical (unpaired) electrons. The van der Waals surface area contributed by atoms with Gasteiger partial charge in [0.15, 0.2) is 11.6 Å². The molecule has 10 heteroatoms. The van der Waals surface area contributed by atoms with E-state index in [1.165, 1.54) is 38.1 Å². The summed E-state index contributed by atoms with van der Waals surface area (Å²) in [5.74, 6) is -4.98. The molecule has 0 amide bonds. The number of rotatable bonds is 1. The molecule has 4 aromatic rings. The van der Waals surface area contributed by atoms with E-state index in [4.69, 9.17) is 0 Å². The fourth-order valence-electron chi connectivity index (χ4n) is 6.36. The zero-order chi connectivity index (χ0) is 29.0. The third-order valence-corrected chi connectivity index (χ3v) is 7.90. The van der Waals surface area contributed by atoms with E-state index in [1.807, 2.05) is 0 Å². The lowest BCUT2D eigenvalue weighted by Gasteiger charge is -2.30. The van der Waals surface area contributed by atoms with Crippen molar-refractivity contribution in [3.63, 3.8) is 0 Å². The summed E-state index contributed by atoms with van der Waals surface area (Å²) in [6.45, 7) is 2.97. The Balaban J connectivity index is 1.64. The van der Waals surface area contributed by atoms with Gasteiger partial charge in [-0.15, -0.1) is 0 Å². The second-order valence-electron chi connectivity index (χ2n) is 11.5. The van der Waals surface area contributed by atoms with E-state index < -0.39 is 68.4 Å². The molecule has 0 fully saturated rings. The number of Topliss-reactive ketones (excluding diaryl/α,β-unsaturated/α-hetero) is 2. The molecule has 0 spiro atoms. The number of hydrogen-bond acceptors (Lipinski definition) is 10. The Morgan fingerprint density at radius 1 is 0.525 bits per heavy atom. The quantitative estimate of drug-likeness (QED) is 0.174. The summed E-state index contributed by atoms with van der Waals surface area (Å²) < 4.78 is 0. The Morgan fingerprint density at radius 3 is 1.20 bits per heavy atom. The number of phenols is 6. The lowest BCUT2D eigenvalue weighted by molar-refractivity contribution is 0.0396. The van der Waals surface area contributed by atoms with Gasteiger partial charge in [-0.3, -0.25) is 9.59 Å². The van der Waals surface area contributed by atoms with E-state index in [0.717, 1.165) is 0 Å². The lowest BCUT2D eigenvalue weighted by Crippen LogP contribution is -2.35. The van der Waals surface area contributed by atoms with Gasteiger partial charge >= 0.3 is 0 Å². The molecule has 0 saturated carbocycles. The predicted molar refractivity (Wildman–Crippen MR) is 143 cm³/mol. The van der Waals surface area contributed by atoms with E-state index >= 15 is 0 Å². The predicted octanol–water partition coefficient (Wildman–Crippen LogP) is 3.65. The number of aromatic hydroxyl groups is 6. The molecular formula is C30H26O10. The number of carbonyl (C=O) groups excluding carboxylic acids is 2. The van der Waals surface area contributed by atoms with Crippen LogP contribution in [0.4, 0.5) is 0 Å². The fourth-order valence-corrected chi connectivity index (χ4v) is 6.36. The van der Waals surface area contributed by atoms with Crippen molar-refractivity contribution >= 4 is 33.1 Å². The molecule has 0 unspecified atom stereocenters. The Morgan fingerprint density at radius 2 is 0.850 bits per heavy atom. The van der Waals surface area contributed by atoms with Gasteiger partial charge in [0.1, 0.15) is 34.5 Å². The second-order valence-corrected chi connectivity index (χ2v) is 11.5. The maximum Gasteiger partial charge on any atom is 0.169 e. The highest BCUT2D eigenvalue weighted by molar-refractivity contribution is 6.14. The van der Waals surface area contributed by atoms with E-state index in [-0.39, 0.29) is 58.4 Å². The average molecular weight is 547 g/mol. The summed E-state index contributed by atoms with van der Waals surface area (Å²) >= 11 is 0. The standard InChI is InChI=1S/C30H26O10/c1-29(39)7-13-3-11-5-15(31)23(27(37)21(11)25(35)19(13)17(33)9-29)24-16(32)6-12-4-14-8-30(2,40)10-18(34)20(14)26(36)22(12)28(24)38/h3-6,31-32,35-40H,7-10H2,1-2H3/t29-,30-/m1/s1. The summed E-state index contributed by atoms with van der Waals surface area (Å²) in [6, 6.07) is 5.24. The monoisotopic (exact) mass is 546 g/mol. The number of phenolic OH excluding ortho intramolecular Hbond substituents is 6. The fraction of sp³-hybridized carbons (Fsp3) is 0.267. The summed E-state index contributed by atoms with van der Waals surface area (Å²) in [6.07, 6.45) is -0.417. The van der Waals surface area contributed by atoms with Crippen LogP contribution in [-0.2, 0) is 12.8 Å². The highest BCUT2D eigenvalue weighted by Crippen LogP contribution is 2.55. The van der Waals surface area contributed by atoms with Crippen molar-refractivity contribution in [3.05, 3.63) is 46.5 Å². The SMILES string of the molecule is C[C@]1(O)CC(=O)c2c(cc3cc(O)c(-c4c(O)cc5cc6c(c(O)c5c4O)C(=O)C[C@](C)(O)C6)c(O)c3c2O)C1. The molecule has 2 atom stereocenters. The normalized spacial score (nSPS) is 22.5. The molecule has 10 nitrogen and oxygen atoms in total. The van der Waals surface area contributed by atoms with Gasteiger partial charge in [-0.2, -0.15) is 0 Å². The zero-order valence-electron chi connectivity index (χ0n) is 21.5. The topological polar surface area (TPSA) is 196 Å². The zero-order valence-corrected chi connectivity index (χ0v) is 21.5. The van der Waals surface area contributed by atoms with Crippen LogP contribution in [0.1, 0.15) is 58.5 Å². The summed E-state index contributed by atoms with van der Waals surface area (Å²) in [4.78, 5) is 25.5. The van der Waals surface area contributed by atoms with Crippen molar-refractivity contribution < 1.29 is 50.4 Å². The van der Waals surface area contributed by atoms with Crippen molar-refractivity contribution in [1.82, 2.24) is 0 Å². The third-order valence-electron chi connectivity index (χ3n) is 7.90. The van der Waals surface area contributed by atoms with Gasteiger partial charge in [0.05, 0.1) is 44.2 Å². The molecule has 6 rings (SSSR count). The molecule has 0 aromatic heterocycles. The first kappa shape index (κ1) is 25.7. The molecule has 206 valence electrons. The number of carbonyl (C=O) groups is 2. The largest absolute Gasteiger partial charge is 0.507 e. The van der Waals surface area contributed by atoms with Crippen molar-refractivity contribution in [2.45, 2.75) is 50.7 Å². The van der Waals surface area contributed by atoms with Gasteiger partial charge in [-0.1, -0.05) is 0 Å². The van der Waals surface area contributed by atoms with Gasteiger partial charge in [0, 0.05) is 25.7 Å². The summed E-state index contributed by atoms with van der Waals surface area (Å²) in [5.41, 5.74) is -3.17. The minimum Gasteiger partial charge on any atom is -0.507 e. The van der Waals surface area contributed by atoms with Crippen LogP contribution in [0.15, 0.2) is 24.3 Å². The Bertz CT molecular complexity index is 1710. The van der Waals surface area contributed by atoms with Crippen LogP contribution in [0.2, 0.25) is 0 Å². The van der Waals surface area contributed by atoms with Crippen molar-refractivity contribution in [2.24, 2.45) is 0 Å². The number of hydrogen-bond donors (Lipinski definition) is 8. The lowest BCUT2D eigenvalue weighted by atomic mass is 9.78. The first-order chi connectivity index (χ1) is 18.6. The van der Waals surface area contributed by atoms with Crippen molar-refractivity contribution in [2.75, 3.05) is 0 Å². The Labute approximate surface area is 226 Å². The Kier molecular flexibility index (Phi) is 5.14. The average Bonchev–Trinajstić information content (AvgIpc) is 2.77. The number of fused-ring (bicyclic) bond motifs is 4. The molecule has 2 aliphatic carbocycles. The summed E-state index contributed by atoms with van der Waals surface area (Å²) in [7, 11) is 0. The van der Waals surface area contributed by atoms with Gasteiger partial charge in [-0.05, 0) is 60.0 Å². The molecule has 0 heterocycles. The number of benzene rings is 4. The van der Waals surface area contributed by atoms with Gasteiger partial charge in [0.2, 0.25) is 0 Å². The van der Waals surface area contributed by atoms with Crippen LogP contribution in [0, 0.1) is 0 Å². The maximum atomic E-state index is 12.8. The van der Waals surface area contributed by atoms with Crippen LogP contribution in [0.5, 0.6) is 34.5 Å². The van der Waals surface area contributed by atoms with E-state index in [2.05, 4.69) is 0 Å².